The minimum atomic E-state index is -1.14. The van der Waals surface area contributed by atoms with Gasteiger partial charge in [-0.05, 0) is 30.3 Å². The minimum Gasteiger partial charge on any atom is -0.480 e. The summed E-state index contributed by atoms with van der Waals surface area (Å²) in [6.07, 6.45) is 2.40. The number of hydrogen-bond acceptors (Lipinski definition) is 6. The highest BCUT2D eigenvalue weighted by molar-refractivity contribution is 7.98. The van der Waals surface area contributed by atoms with Gasteiger partial charge >= 0.3 is 5.97 Å². The van der Waals surface area contributed by atoms with Crippen LogP contribution >= 0.6 is 11.8 Å². The molecule has 0 heterocycles. The number of rotatable bonds is 12. The van der Waals surface area contributed by atoms with Gasteiger partial charge in [-0.3, -0.25) is 14.4 Å². The Hall–Kier alpha value is -1.81. The van der Waals surface area contributed by atoms with Crippen molar-refractivity contribution in [2.75, 3.05) is 18.6 Å². The van der Waals surface area contributed by atoms with Crippen LogP contribution in [0, 0.1) is 11.8 Å². The number of aliphatic carboxylic acids is 1. The molecule has 156 valence electrons. The quantitative estimate of drug-likeness (QED) is 0.295. The van der Waals surface area contributed by atoms with Crippen molar-refractivity contribution in [3.63, 3.8) is 0 Å². The maximum atomic E-state index is 12.4. The Bertz CT molecular complexity index is 527. The van der Waals surface area contributed by atoms with E-state index in [0.29, 0.717) is 6.42 Å². The van der Waals surface area contributed by atoms with E-state index in [1.807, 2.05) is 6.26 Å². The number of carbonyl (C=O) groups excluding carboxylic acids is 3. The Kier molecular flexibility index (Phi) is 11.7. The summed E-state index contributed by atoms with van der Waals surface area (Å²) in [5.74, 6) is -2.55. The fourth-order valence-corrected chi connectivity index (χ4v) is 2.68. The predicted molar refractivity (Wildman–Crippen MR) is 105 cm³/mol. The summed E-state index contributed by atoms with van der Waals surface area (Å²) in [7, 11) is 0. The van der Waals surface area contributed by atoms with E-state index in [-0.39, 0.29) is 18.4 Å². The SMILES string of the molecule is CSCCC(N)C(=O)NCC(=O)NC(C(=O)NC(C(=O)O)C(C)C)C(C)C. The number of carbonyl (C=O) groups is 4. The lowest BCUT2D eigenvalue weighted by Gasteiger charge is -2.25. The first-order valence-corrected chi connectivity index (χ1v) is 10.2. The van der Waals surface area contributed by atoms with Crippen LogP contribution in [0.4, 0.5) is 0 Å². The Labute approximate surface area is 164 Å². The van der Waals surface area contributed by atoms with Crippen molar-refractivity contribution >= 4 is 35.5 Å². The molecular weight excluding hydrogens is 372 g/mol. The zero-order valence-electron chi connectivity index (χ0n) is 16.6. The fourth-order valence-electron chi connectivity index (χ4n) is 2.19. The Balaban J connectivity index is 4.72. The molecule has 27 heavy (non-hydrogen) atoms. The highest BCUT2D eigenvalue weighted by Crippen LogP contribution is 2.06. The molecule has 0 aromatic carbocycles. The van der Waals surface area contributed by atoms with E-state index in [0.717, 1.165) is 5.75 Å². The van der Waals surface area contributed by atoms with Crippen LogP contribution in [0.1, 0.15) is 34.1 Å². The maximum absolute atomic E-state index is 12.4. The highest BCUT2D eigenvalue weighted by atomic mass is 32.2. The third-order valence-electron chi connectivity index (χ3n) is 3.89. The fraction of sp³-hybridized carbons (Fsp3) is 0.765. The van der Waals surface area contributed by atoms with Gasteiger partial charge in [0.1, 0.15) is 12.1 Å². The number of nitrogens with one attached hydrogen (secondary N) is 3. The van der Waals surface area contributed by atoms with E-state index in [2.05, 4.69) is 16.0 Å². The second-order valence-electron chi connectivity index (χ2n) is 6.96. The van der Waals surface area contributed by atoms with E-state index in [1.165, 1.54) is 0 Å². The van der Waals surface area contributed by atoms with Crippen LogP contribution in [-0.2, 0) is 19.2 Å². The Morgan fingerprint density at radius 1 is 0.963 bits per heavy atom. The van der Waals surface area contributed by atoms with Crippen molar-refractivity contribution in [2.24, 2.45) is 17.6 Å². The van der Waals surface area contributed by atoms with Crippen molar-refractivity contribution in [2.45, 2.75) is 52.2 Å². The number of amides is 3. The summed E-state index contributed by atoms with van der Waals surface area (Å²) in [6.45, 7) is 6.50. The number of nitrogens with two attached hydrogens (primary N) is 1. The molecule has 0 fully saturated rings. The number of thioether (sulfide) groups is 1. The van der Waals surface area contributed by atoms with Crippen molar-refractivity contribution in [3.8, 4) is 0 Å². The smallest absolute Gasteiger partial charge is 0.326 e. The van der Waals surface area contributed by atoms with Crippen LogP contribution in [0.3, 0.4) is 0 Å². The van der Waals surface area contributed by atoms with Gasteiger partial charge in [-0.2, -0.15) is 11.8 Å². The van der Waals surface area contributed by atoms with E-state index in [4.69, 9.17) is 5.73 Å². The van der Waals surface area contributed by atoms with E-state index < -0.39 is 41.8 Å². The lowest BCUT2D eigenvalue weighted by Crippen LogP contribution is -2.56. The third-order valence-corrected chi connectivity index (χ3v) is 4.53. The second kappa shape index (κ2) is 12.6. The van der Waals surface area contributed by atoms with Gasteiger partial charge in [0.2, 0.25) is 17.7 Å². The van der Waals surface area contributed by atoms with Crippen LogP contribution in [0.15, 0.2) is 0 Å². The molecule has 3 atom stereocenters. The molecule has 9 nitrogen and oxygen atoms in total. The molecule has 0 rings (SSSR count). The Morgan fingerprint density at radius 3 is 1.96 bits per heavy atom. The largest absolute Gasteiger partial charge is 0.480 e. The summed E-state index contributed by atoms with van der Waals surface area (Å²) >= 11 is 1.57. The van der Waals surface area contributed by atoms with Crippen molar-refractivity contribution in [1.82, 2.24) is 16.0 Å². The van der Waals surface area contributed by atoms with Gasteiger partial charge in [-0.15, -0.1) is 0 Å². The summed E-state index contributed by atoms with van der Waals surface area (Å²) in [6, 6.07) is -2.67. The first kappa shape index (κ1) is 25.2. The van der Waals surface area contributed by atoms with Gasteiger partial charge in [0.25, 0.3) is 0 Å². The zero-order chi connectivity index (χ0) is 21.1. The number of hydrogen-bond donors (Lipinski definition) is 5. The molecule has 0 spiro atoms. The Morgan fingerprint density at radius 2 is 1.52 bits per heavy atom. The lowest BCUT2D eigenvalue weighted by atomic mass is 10.0. The van der Waals surface area contributed by atoms with Gasteiger partial charge in [0.05, 0.1) is 12.6 Å². The highest BCUT2D eigenvalue weighted by Gasteiger charge is 2.30. The lowest BCUT2D eigenvalue weighted by molar-refractivity contribution is -0.143. The van der Waals surface area contributed by atoms with E-state index in [9.17, 15) is 24.3 Å². The molecule has 0 radical (unpaired) electrons. The predicted octanol–water partition coefficient (Wildman–Crippen LogP) is -0.451. The van der Waals surface area contributed by atoms with Crippen LogP contribution < -0.4 is 21.7 Å². The van der Waals surface area contributed by atoms with Crippen LogP contribution in [0.2, 0.25) is 0 Å². The molecule has 0 saturated carbocycles. The molecule has 10 heteroatoms. The molecule has 0 aliphatic heterocycles. The second-order valence-corrected chi connectivity index (χ2v) is 7.95. The molecular formula is C17H32N4O5S. The molecule has 0 aromatic heterocycles. The van der Waals surface area contributed by atoms with Crippen LogP contribution in [0.25, 0.3) is 0 Å². The molecule has 0 aliphatic rings. The summed E-state index contributed by atoms with van der Waals surface area (Å²) in [5, 5.41) is 16.6. The summed E-state index contributed by atoms with van der Waals surface area (Å²) < 4.78 is 0. The van der Waals surface area contributed by atoms with Gasteiger partial charge in [0.15, 0.2) is 0 Å². The zero-order valence-corrected chi connectivity index (χ0v) is 17.4. The van der Waals surface area contributed by atoms with Crippen molar-refractivity contribution in [1.29, 1.82) is 0 Å². The number of carboxylic acid groups (broad SMARTS) is 1. The first-order chi connectivity index (χ1) is 12.5. The van der Waals surface area contributed by atoms with E-state index in [1.54, 1.807) is 39.5 Å². The topological polar surface area (TPSA) is 151 Å². The van der Waals surface area contributed by atoms with Gasteiger partial charge in [-0.25, -0.2) is 4.79 Å². The van der Waals surface area contributed by atoms with Crippen LogP contribution in [-0.4, -0.2) is 65.5 Å². The van der Waals surface area contributed by atoms with Gasteiger partial charge in [-0.1, -0.05) is 27.7 Å². The monoisotopic (exact) mass is 404 g/mol. The van der Waals surface area contributed by atoms with Crippen LogP contribution in [0.5, 0.6) is 0 Å². The maximum Gasteiger partial charge on any atom is 0.326 e. The molecule has 0 aliphatic carbocycles. The molecule has 3 amide bonds. The molecule has 6 N–H and O–H groups in total. The third kappa shape index (κ3) is 9.62. The van der Waals surface area contributed by atoms with E-state index >= 15 is 0 Å². The summed E-state index contributed by atoms with van der Waals surface area (Å²) in [5.41, 5.74) is 5.72. The van der Waals surface area contributed by atoms with Crippen molar-refractivity contribution in [3.05, 3.63) is 0 Å². The molecule has 3 unspecified atom stereocenters. The molecule has 0 saturated heterocycles. The normalized spacial score (nSPS) is 14.4. The molecule has 0 aromatic rings. The minimum absolute atomic E-state index is 0.268. The van der Waals surface area contributed by atoms with Gasteiger partial charge in [0, 0.05) is 0 Å². The van der Waals surface area contributed by atoms with Crippen molar-refractivity contribution < 1.29 is 24.3 Å². The number of carboxylic acids is 1. The average Bonchev–Trinajstić information content (AvgIpc) is 2.58. The average molecular weight is 405 g/mol. The standard InChI is InChI=1S/C17H32N4O5S/c1-9(2)13(16(24)21-14(10(3)4)17(25)26)20-12(22)8-19-15(23)11(18)6-7-27-5/h9-11,13-14H,6-8,18H2,1-5H3,(H,19,23)(H,20,22)(H,21,24)(H,25,26). The van der Waals surface area contributed by atoms with Gasteiger partial charge < -0.3 is 26.8 Å². The molecule has 0 bridgehead atoms. The summed E-state index contributed by atoms with van der Waals surface area (Å²) in [4.78, 5) is 47.6. The first-order valence-electron chi connectivity index (χ1n) is 8.86.